The normalized spacial score (nSPS) is 20.5. The van der Waals surface area contributed by atoms with Crippen LogP contribution in [-0.2, 0) is 11.8 Å². The van der Waals surface area contributed by atoms with Crippen LogP contribution < -0.4 is 10.5 Å². The number of benzene rings is 1. The monoisotopic (exact) mass is 403 g/mol. The highest BCUT2D eigenvalue weighted by atomic mass is 16.2. The van der Waals surface area contributed by atoms with Crippen molar-refractivity contribution in [3.8, 4) is 0 Å². The largest absolute Gasteiger partial charge is 0.347 e. The van der Waals surface area contributed by atoms with Gasteiger partial charge in [-0.1, -0.05) is 18.2 Å². The molecule has 1 fully saturated rings. The van der Waals surface area contributed by atoms with Gasteiger partial charge in [0.05, 0.1) is 11.3 Å². The van der Waals surface area contributed by atoms with Crippen LogP contribution in [0, 0.1) is 0 Å². The van der Waals surface area contributed by atoms with Gasteiger partial charge in [-0.05, 0) is 37.3 Å². The van der Waals surface area contributed by atoms with E-state index in [1.165, 1.54) is 11.6 Å². The Morgan fingerprint density at radius 2 is 2.07 bits per heavy atom. The Bertz CT molecular complexity index is 1200. The standard InChI is InChI=1S/C23H25N5O2/c1-27(2)22-24-13-15-8-10-23(20(15)26-22)9-5-11-28(14-23)21(30)17-12-19(29)25-18-7-4-3-6-16(17)18/h3-4,6-7,12-13H,5,8-11,14H2,1-2H3,(H,25,29). The SMILES string of the molecule is CN(C)c1ncc2c(n1)C1(CCCN(C(=O)c3cc(=O)[nH]c4ccccc34)C1)CC2. The van der Waals surface area contributed by atoms with Crippen molar-refractivity contribution in [2.24, 2.45) is 0 Å². The Morgan fingerprint density at radius 1 is 1.23 bits per heavy atom. The summed E-state index contributed by atoms with van der Waals surface area (Å²) in [7, 11) is 3.89. The Labute approximate surface area is 174 Å². The second-order valence-corrected chi connectivity index (χ2v) is 8.64. The zero-order chi connectivity index (χ0) is 20.9. The van der Waals surface area contributed by atoms with E-state index in [0.717, 1.165) is 36.8 Å². The molecule has 7 heteroatoms. The zero-order valence-corrected chi connectivity index (χ0v) is 17.3. The number of para-hydroxylation sites is 1. The number of pyridine rings is 1. The van der Waals surface area contributed by atoms with E-state index in [9.17, 15) is 9.59 Å². The summed E-state index contributed by atoms with van der Waals surface area (Å²) < 4.78 is 0. The van der Waals surface area contributed by atoms with E-state index in [2.05, 4.69) is 9.97 Å². The fraction of sp³-hybridized carbons (Fsp3) is 0.391. The third kappa shape index (κ3) is 2.96. The van der Waals surface area contributed by atoms with Crippen LogP contribution in [0.15, 0.2) is 41.3 Å². The molecule has 7 nitrogen and oxygen atoms in total. The summed E-state index contributed by atoms with van der Waals surface area (Å²) in [6.07, 6.45) is 5.81. The first-order valence-corrected chi connectivity index (χ1v) is 10.4. The van der Waals surface area contributed by atoms with Crippen molar-refractivity contribution < 1.29 is 4.79 Å². The second-order valence-electron chi connectivity index (χ2n) is 8.64. The number of H-pyrrole nitrogens is 1. The molecule has 1 aliphatic carbocycles. The van der Waals surface area contributed by atoms with E-state index >= 15 is 0 Å². The molecule has 5 rings (SSSR count). The molecule has 1 amide bonds. The number of aryl methyl sites for hydroxylation is 1. The first-order chi connectivity index (χ1) is 14.5. The molecule has 1 saturated heterocycles. The number of likely N-dealkylation sites (tertiary alicyclic amines) is 1. The lowest BCUT2D eigenvalue weighted by Gasteiger charge is -2.40. The zero-order valence-electron chi connectivity index (χ0n) is 17.3. The number of piperidine rings is 1. The maximum absolute atomic E-state index is 13.5. The maximum atomic E-state index is 13.5. The molecular formula is C23H25N5O2. The summed E-state index contributed by atoms with van der Waals surface area (Å²) in [5.74, 6) is 0.630. The van der Waals surface area contributed by atoms with Crippen LogP contribution >= 0.6 is 0 Å². The predicted octanol–water partition coefficient (Wildman–Crippen LogP) is 2.50. The predicted molar refractivity (Wildman–Crippen MR) is 116 cm³/mol. The quantitative estimate of drug-likeness (QED) is 0.711. The molecule has 0 bridgehead atoms. The minimum atomic E-state index is -0.252. The number of hydrogen-bond acceptors (Lipinski definition) is 5. The first kappa shape index (κ1) is 18.8. The van der Waals surface area contributed by atoms with E-state index in [4.69, 9.17) is 4.98 Å². The molecule has 0 radical (unpaired) electrons. The van der Waals surface area contributed by atoms with Crippen LogP contribution in [0.1, 0.15) is 40.9 Å². The molecule has 154 valence electrons. The van der Waals surface area contributed by atoms with Gasteiger partial charge in [0.15, 0.2) is 0 Å². The van der Waals surface area contributed by atoms with Crippen molar-refractivity contribution in [3.05, 3.63) is 63.7 Å². The van der Waals surface area contributed by atoms with Crippen LogP contribution in [0.25, 0.3) is 10.9 Å². The molecule has 30 heavy (non-hydrogen) atoms. The van der Waals surface area contributed by atoms with Crippen LogP contribution in [0.3, 0.4) is 0 Å². The Kier molecular flexibility index (Phi) is 4.34. The molecule has 1 spiro atoms. The molecule has 1 atom stereocenters. The van der Waals surface area contributed by atoms with Gasteiger partial charge in [-0.3, -0.25) is 9.59 Å². The number of amides is 1. The Hall–Kier alpha value is -3.22. The lowest BCUT2D eigenvalue weighted by Crippen LogP contribution is -2.48. The smallest absolute Gasteiger partial charge is 0.254 e. The number of anilines is 1. The van der Waals surface area contributed by atoms with Gasteiger partial charge in [0, 0.05) is 55.8 Å². The van der Waals surface area contributed by atoms with E-state index < -0.39 is 0 Å². The highest BCUT2D eigenvalue weighted by molar-refractivity contribution is 6.06. The Morgan fingerprint density at radius 3 is 2.90 bits per heavy atom. The average molecular weight is 403 g/mol. The van der Waals surface area contributed by atoms with Crippen molar-refractivity contribution >= 4 is 22.8 Å². The van der Waals surface area contributed by atoms with Gasteiger partial charge in [-0.15, -0.1) is 0 Å². The van der Waals surface area contributed by atoms with E-state index in [1.807, 2.05) is 54.4 Å². The molecule has 1 aliphatic heterocycles. The number of fused-ring (bicyclic) bond motifs is 3. The van der Waals surface area contributed by atoms with Gasteiger partial charge < -0.3 is 14.8 Å². The van der Waals surface area contributed by atoms with Crippen LogP contribution in [-0.4, -0.2) is 52.9 Å². The van der Waals surface area contributed by atoms with Gasteiger partial charge in [-0.25, -0.2) is 9.97 Å². The van der Waals surface area contributed by atoms with Crippen molar-refractivity contribution in [1.29, 1.82) is 0 Å². The number of aromatic amines is 1. The van der Waals surface area contributed by atoms with Crippen LogP contribution in [0.4, 0.5) is 5.95 Å². The van der Waals surface area contributed by atoms with E-state index in [1.54, 1.807) is 0 Å². The molecule has 3 heterocycles. The van der Waals surface area contributed by atoms with Crippen molar-refractivity contribution in [2.75, 3.05) is 32.1 Å². The van der Waals surface area contributed by atoms with Crippen LogP contribution in [0.5, 0.6) is 0 Å². The van der Waals surface area contributed by atoms with Crippen molar-refractivity contribution in [2.45, 2.75) is 31.1 Å². The van der Waals surface area contributed by atoms with Crippen molar-refractivity contribution in [3.63, 3.8) is 0 Å². The third-order valence-electron chi connectivity index (χ3n) is 6.47. The van der Waals surface area contributed by atoms with Gasteiger partial charge >= 0.3 is 0 Å². The lowest BCUT2D eigenvalue weighted by atomic mass is 9.77. The number of carbonyl (C=O) groups is 1. The highest BCUT2D eigenvalue weighted by Gasteiger charge is 2.45. The number of nitrogens with zero attached hydrogens (tertiary/aromatic N) is 4. The fourth-order valence-electron chi connectivity index (χ4n) is 5.00. The summed E-state index contributed by atoms with van der Waals surface area (Å²) in [4.78, 5) is 41.7. The van der Waals surface area contributed by atoms with E-state index in [0.29, 0.717) is 30.1 Å². The lowest BCUT2D eigenvalue weighted by molar-refractivity contribution is 0.0635. The van der Waals surface area contributed by atoms with Crippen LogP contribution in [0.2, 0.25) is 0 Å². The highest BCUT2D eigenvalue weighted by Crippen LogP contribution is 2.44. The number of aromatic nitrogens is 3. The molecule has 1 unspecified atom stereocenters. The molecule has 3 aromatic rings. The summed E-state index contributed by atoms with van der Waals surface area (Å²) in [5, 5.41) is 0.783. The topological polar surface area (TPSA) is 82.2 Å². The molecule has 1 N–H and O–H groups in total. The average Bonchev–Trinajstić information content (AvgIpc) is 3.09. The molecule has 2 aromatic heterocycles. The summed E-state index contributed by atoms with van der Waals surface area (Å²) in [6.45, 7) is 1.33. The fourth-order valence-corrected chi connectivity index (χ4v) is 5.00. The minimum Gasteiger partial charge on any atom is -0.347 e. The Balaban J connectivity index is 1.52. The van der Waals surface area contributed by atoms with Gasteiger partial charge in [0.25, 0.3) is 5.91 Å². The second kappa shape index (κ2) is 6.93. The summed E-state index contributed by atoms with van der Waals surface area (Å²) >= 11 is 0. The summed E-state index contributed by atoms with van der Waals surface area (Å²) in [5.41, 5.74) is 3.06. The number of nitrogens with one attached hydrogen (secondary N) is 1. The molecule has 0 saturated carbocycles. The van der Waals surface area contributed by atoms with Crippen molar-refractivity contribution in [1.82, 2.24) is 19.9 Å². The molecular weight excluding hydrogens is 378 g/mol. The molecule has 1 aromatic carbocycles. The number of rotatable bonds is 2. The van der Waals surface area contributed by atoms with Gasteiger partial charge in [-0.2, -0.15) is 0 Å². The maximum Gasteiger partial charge on any atom is 0.254 e. The van der Waals surface area contributed by atoms with Gasteiger partial charge in [0.2, 0.25) is 11.5 Å². The van der Waals surface area contributed by atoms with E-state index in [-0.39, 0.29) is 16.9 Å². The summed E-state index contributed by atoms with van der Waals surface area (Å²) in [6, 6.07) is 8.90. The van der Waals surface area contributed by atoms with Gasteiger partial charge in [0.1, 0.15) is 0 Å². The minimum absolute atomic E-state index is 0.0771. The first-order valence-electron chi connectivity index (χ1n) is 10.4. The number of carbonyl (C=O) groups excluding carboxylic acids is 1. The molecule has 2 aliphatic rings. The third-order valence-corrected chi connectivity index (χ3v) is 6.47. The number of hydrogen-bond donors (Lipinski definition) is 1.